The molecule has 260 valence electrons. The summed E-state index contributed by atoms with van der Waals surface area (Å²) in [5, 5.41) is 4.09. The number of furan rings is 1. The van der Waals surface area contributed by atoms with Crippen LogP contribution in [0, 0.1) is 34.6 Å². The van der Waals surface area contributed by atoms with Crippen LogP contribution in [0.3, 0.4) is 0 Å². The predicted octanol–water partition coefficient (Wildman–Crippen LogP) is 12.0. The predicted molar refractivity (Wildman–Crippen MR) is 213 cm³/mol. The van der Waals surface area contributed by atoms with Gasteiger partial charge in [0.1, 0.15) is 17.3 Å². The Morgan fingerprint density at radius 1 is 0.960 bits per heavy atom. The molecule has 4 heteroatoms. The lowest BCUT2D eigenvalue weighted by Crippen LogP contribution is -2.27. The number of hydrogen-bond donors (Lipinski definition) is 1. The molecule has 0 radical (unpaired) electrons. The maximum absolute atomic E-state index is 6.27. The first-order valence-electron chi connectivity index (χ1n) is 18.1. The summed E-state index contributed by atoms with van der Waals surface area (Å²) in [6, 6.07) is 20.1. The molecule has 2 atom stereocenters. The molecule has 2 unspecified atom stereocenters. The first-order valence-corrected chi connectivity index (χ1v) is 18.1. The third kappa shape index (κ3) is 7.71. The van der Waals surface area contributed by atoms with Crippen LogP contribution in [0.2, 0.25) is 0 Å². The molecule has 2 aromatic heterocycles. The zero-order chi connectivity index (χ0) is 36.1. The Hall–Kier alpha value is -4.67. The average molecular weight is 666 g/mol. The smallest absolute Gasteiger partial charge is 0.131 e. The normalized spacial score (nSPS) is 13.5. The zero-order valence-electron chi connectivity index (χ0n) is 32.0. The maximum Gasteiger partial charge on any atom is 0.131 e. The molecule has 3 aromatic carbocycles. The summed E-state index contributed by atoms with van der Waals surface area (Å²) in [7, 11) is 2.12. The van der Waals surface area contributed by atoms with Gasteiger partial charge in [0.05, 0.1) is 17.3 Å². The largest absolute Gasteiger partial charge is 0.465 e. The second-order valence-corrected chi connectivity index (χ2v) is 13.9. The lowest BCUT2D eigenvalue weighted by Gasteiger charge is -2.26. The van der Waals surface area contributed by atoms with Gasteiger partial charge in [-0.05, 0) is 100 Å². The molecule has 0 fully saturated rings. The fourth-order valence-corrected chi connectivity index (χ4v) is 7.28. The van der Waals surface area contributed by atoms with E-state index in [1.165, 1.54) is 55.6 Å². The average Bonchev–Trinajstić information content (AvgIpc) is 3.62. The molecule has 0 aliphatic rings. The minimum absolute atomic E-state index is 0.146. The summed E-state index contributed by atoms with van der Waals surface area (Å²) >= 11 is 0. The number of nitrogens with one attached hydrogen (secondary N) is 1. The molecule has 1 N–H and O–H groups in total. The molecule has 5 rings (SSSR count). The molecular formula is C46H55N3O. The van der Waals surface area contributed by atoms with Crippen LogP contribution in [0.4, 0.5) is 0 Å². The molecule has 0 aliphatic heterocycles. The number of allylic oxidation sites excluding steroid dienone is 5. The Balaban J connectivity index is 1.67. The minimum Gasteiger partial charge on any atom is -0.465 e. The van der Waals surface area contributed by atoms with E-state index in [0.29, 0.717) is 6.54 Å². The van der Waals surface area contributed by atoms with Crippen molar-refractivity contribution in [3.8, 4) is 22.4 Å². The summed E-state index contributed by atoms with van der Waals surface area (Å²) in [4.78, 5) is 5.43. The van der Waals surface area contributed by atoms with E-state index in [2.05, 4.69) is 170 Å². The number of imidazole rings is 1. The van der Waals surface area contributed by atoms with Gasteiger partial charge < -0.3 is 8.98 Å². The van der Waals surface area contributed by atoms with E-state index in [-0.39, 0.29) is 12.0 Å². The van der Waals surface area contributed by atoms with Gasteiger partial charge in [0.2, 0.25) is 0 Å². The summed E-state index contributed by atoms with van der Waals surface area (Å²) in [6.07, 6.45) is 13.9. The number of aromatic nitrogens is 2. The molecule has 5 aromatic rings. The van der Waals surface area contributed by atoms with E-state index in [9.17, 15) is 0 Å². The van der Waals surface area contributed by atoms with Gasteiger partial charge in [-0.15, -0.1) is 0 Å². The Kier molecular flexibility index (Phi) is 11.6. The minimum atomic E-state index is -0.146. The van der Waals surface area contributed by atoms with Crippen molar-refractivity contribution in [2.24, 2.45) is 7.05 Å². The highest BCUT2D eigenvalue weighted by atomic mass is 16.3. The quantitative estimate of drug-likeness (QED) is 0.135. The van der Waals surface area contributed by atoms with Gasteiger partial charge in [0, 0.05) is 31.8 Å². The van der Waals surface area contributed by atoms with E-state index >= 15 is 0 Å². The molecule has 0 aliphatic carbocycles. The highest BCUT2D eigenvalue weighted by molar-refractivity contribution is 5.76. The van der Waals surface area contributed by atoms with Gasteiger partial charge in [0.25, 0.3) is 0 Å². The molecule has 0 saturated heterocycles. The van der Waals surface area contributed by atoms with Gasteiger partial charge >= 0.3 is 0 Å². The fraction of sp³-hybridized carbons (Fsp3) is 0.326. The zero-order valence-corrected chi connectivity index (χ0v) is 32.0. The first kappa shape index (κ1) is 36.6. The van der Waals surface area contributed by atoms with Crippen LogP contribution in [0.5, 0.6) is 0 Å². The van der Waals surface area contributed by atoms with Gasteiger partial charge in [0.15, 0.2) is 0 Å². The number of hydrogen-bond acceptors (Lipinski definition) is 3. The van der Waals surface area contributed by atoms with Crippen molar-refractivity contribution in [2.45, 2.75) is 94.2 Å². The molecule has 0 spiro atoms. The lowest BCUT2D eigenvalue weighted by atomic mass is 9.88. The first-order chi connectivity index (χ1) is 24.0. The van der Waals surface area contributed by atoms with Crippen LogP contribution in [0.25, 0.3) is 28.5 Å². The molecule has 4 nitrogen and oxygen atoms in total. The Labute approximate surface area is 300 Å². The van der Waals surface area contributed by atoms with Gasteiger partial charge in [-0.25, -0.2) is 4.98 Å². The van der Waals surface area contributed by atoms with Crippen molar-refractivity contribution >= 4 is 6.08 Å². The van der Waals surface area contributed by atoms with Gasteiger partial charge in [-0.2, -0.15) is 0 Å². The number of nitrogens with zero attached hydrogens (tertiary/aromatic N) is 2. The van der Waals surface area contributed by atoms with Crippen LogP contribution < -0.4 is 5.32 Å². The SMILES string of the molecule is C/C=C\c1c(C)oc(CC)c1-c1cn(C)c(C(NCc2c(-c3ccc(C)cc3)cccc2C(C)/C=C\C(C)=C/C)c2c(C)cc(C)cc2C)n1. The van der Waals surface area contributed by atoms with Gasteiger partial charge in [-0.3, -0.25) is 5.32 Å². The molecule has 50 heavy (non-hydrogen) atoms. The van der Waals surface area contributed by atoms with Crippen LogP contribution in [-0.4, -0.2) is 9.55 Å². The number of aryl methyl sites for hydroxylation is 7. The van der Waals surface area contributed by atoms with Crippen molar-refractivity contribution in [1.29, 1.82) is 0 Å². The van der Waals surface area contributed by atoms with Crippen molar-refractivity contribution < 1.29 is 4.42 Å². The van der Waals surface area contributed by atoms with Crippen molar-refractivity contribution in [3.63, 3.8) is 0 Å². The second-order valence-electron chi connectivity index (χ2n) is 13.9. The summed E-state index contributed by atoms with van der Waals surface area (Å²) in [5.74, 6) is 3.11. The number of benzene rings is 3. The van der Waals surface area contributed by atoms with Crippen molar-refractivity contribution in [3.05, 3.63) is 153 Å². The molecule has 0 saturated carbocycles. The standard InChI is InChI=1S/C46H55N3O/c1-12-16-38-35(10)50-42(14-3)44(38)41-28-49(11)46(48-41)45(43-33(8)25-31(6)26-34(43)9)47-27-40-37(32(7)22-19-29(4)13-2)17-15-18-39(40)36-23-20-30(5)21-24-36/h12-13,15-26,28,32,45,47H,14,27H2,1-11H3/b16-12-,22-19-,29-13-. The molecular weight excluding hydrogens is 611 g/mol. The molecule has 0 amide bonds. The third-order valence-electron chi connectivity index (χ3n) is 9.96. The van der Waals surface area contributed by atoms with E-state index in [0.717, 1.165) is 40.6 Å². The Morgan fingerprint density at radius 2 is 1.66 bits per heavy atom. The van der Waals surface area contributed by atoms with E-state index in [4.69, 9.17) is 9.40 Å². The van der Waals surface area contributed by atoms with Crippen LogP contribution in [0.15, 0.2) is 95.1 Å². The Bertz CT molecular complexity index is 2020. The summed E-state index contributed by atoms with van der Waals surface area (Å²) in [5.41, 5.74) is 15.8. The monoisotopic (exact) mass is 665 g/mol. The summed E-state index contributed by atoms with van der Waals surface area (Å²) < 4.78 is 8.47. The maximum atomic E-state index is 6.27. The Morgan fingerprint density at radius 3 is 2.30 bits per heavy atom. The van der Waals surface area contributed by atoms with Crippen LogP contribution in [-0.2, 0) is 20.0 Å². The van der Waals surface area contributed by atoms with Crippen molar-refractivity contribution in [2.75, 3.05) is 0 Å². The highest BCUT2D eigenvalue weighted by Crippen LogP contribution is 2.37. The molecule has 2 heterocycles. The topological polar surface area (TPSA) is 43.0 Å². The van der Waals surface area contributed by atoms with Crippen LogP contribution >= 0.6 is 0 Å². The number of rotatable bonds is 12. The third-order valence-corrected chi connectivity index (χ3v) is 9.96. The molecule has 0 bridgehead atoms. The fourth-order valence-electron chi connectivity index (χ4n) is 7.28. The van der Waals surface area contributed by atoms with Crippen LogP contribution in [0.1, 0.15) is 108 Å². The van der Waals surface area contributed by atoms with E-state index < -0.39 is 0 Å². The highest BCUT2D eigenvalue weighted by Gasteiger charge is 2.27. The van der Waals surface area contributed by atoms with Gasteiger partial charge in [-0.1, -0.05) is 116 Å². The van der Waals surface area contributed by atoms with E-state index in [1.807, 2.05) is 6.92 Å². The van der Waals surface area contributed by atoms with E-state index in [1.54, 1.807) is 0 Å². The van der Waals surface area contributed by atoms with Crippen molar-refractivity contribution in [1.82, 2.24) is 14.9 Å². The second kappa shape index (κ2) is 15.9. The summed E-state index contributed by atoms with van der Waals surface area (Å²) in [6.45, 7) is 22.2. The lowest BCUT2D eigenvalue weighted by molar-refractivity contribution is 0.489.